The Hall–Kier alpha value is -2.08. The minimum absolute atomic E-state index is 0.461. The lowest BCUT2D eigenvalue weighted by Crippen LogP contribution is -2.07. The van der Waals surface area contributed by atoms with Gasteiger partial charge in [-0.05, 0) is 24.2 Å². The van der Waals surface area contributed by atoms with Gasteiger partial charge >= 0.3 is 0 Å². The second-order valence-corrected chi connectivity index (χ2v) is 6.54. The molecule has 2 heterocycles. The molecule has 6 heteroatoms. The van der Waals surface area contributed by atoms with Crippen molar-refractivity contribution in [3.63, 3.8) is 0 Å². The van der Waals surface area contributed by atoms with E-state index in [-0.39, 0.29) is 0 Å². The van der Waals surface area contributed by atoms with E-state index in [4.69, 9.17) is 5.73 Å². The minimum atomic E-state index is 0.461. The topological polar surface area (TPSA) is 69.6 Å². The van der Waals surface area contributed by atoms with E-state index in [1.54, 1.807) is 11.8 Å². The lowest BCUT2D eigenvalue weighted by atomic mass is 9.91. The molecule has 0 saturated heterocycles. The molecule has 0 amide bonds. The highest BCUT2D eigenvalue weighted by Crippen LogP contribution is 2.45. The molecule has 2 atom stereocenters. The van der Waals surface area contributed by atoms with Crippen LogP contribution in [0, 0.1) is 11.8 Å². The Kier molecular flexibility index (Phi) is 3.26. The van der Waals surface area contributed by atoms with Crippen molar-refractivity contribution in [2.75, 3.05) is 5.73 Å². The first kappa shape index (κ1) is 13.6. The van der Waals surface area contributed by atoms with E-state index in [1.807, 2.05) is 4.68 Å². The molecule has 2 unspecified atom stereocenters. The van der Waals surface area contributed by atoms with Crippen LogP contribution in [0.15, 0.2) is 46.6 Å². The normalized spacial score (nSPS) is 23.0. The van der Waals surface area contributed by atoms with Crippen LogP contribution >= 0.6 is 11.8 Å². The number of anilines is 1. The van der Waals surface area contributed by atoms with Crippen molar-refractivity contribution >= 4 is 28.6 Å². The van der Waals surface area contributed by atoms with Gasteiger partial charge in [0.25, 0.3) is 0 Å². The van der Waals surface area contributed by atoms with Gasteiger partial charge < -0.3 is 5.73 Å². The molecule has 22 heavy (non-hydrogen) atoms. The Morgan fingerprint density at radius 2 is 2.18 bits per heavy atom. The molecule has 0 radical (unpaired) electrons. The van der Waals surface area contributed by atoms with E-state index in [0.717, 1.165) is 29.0 Å². The van der Waals surface area contributed by atoms with E-state index >= 15 is 0 Å². The molecule has 0 saturated carbocycles. The number of allylic oxidation sites excluding steroid dienone is 6. The number of hydrogen-bond acceptors (Lipinski definition) is 5. The van der Waals surface area contributed by atoms with E-state index in [9.17, 15) is 0 Å². The predicted molar refractivity (Wildman–Crippen MR) is 89.2 cm³/mol. The van der Waals surface area contributed by atoms with Gasteiger partial charge in [0.2, 0.25) is 0 Å². The summed E-state index contributed by atoms with van der Waals surface area (Å²) in [6.45, 7) is 2.82. The summed E-state index contributed by atoms with van der Waals surface area (Å²) in [6, 6.07) is 0. The third-order valence-electron chi connectivity index (χ3n) is 4.21. The van der Waals surface area contributed by atoms with Crippen LogP contribution in [0.4, 0.5) is 5.82 Å². The van der Waals surface area contributed by atoms with Crippen LogP contribution in [0.1, 0.15) is 13.3 Å². The van der Waals surface area contributed by atoms with E-state index in [0.29, 0.717) is 17.7 Å². The average Bonchev–Trinajstić information content (AvgIpc) is 3.11. The number of nitrogens with two attached hydrogens (primary N) is 1. The quantitative estimate of drug-likeness (QED) is 0.943. The van der Waals surface area contributed by atoms with Gasteiger partial charge in [-0.1, -0.05) is 42.1 Å². The second kappa shape index (κ2) is 5.28. The standard InChI is InChI=1S/C16H17N5S/c1-2-21-15-13(14(17)18-9-19-15)16(20-21)22-12-8-7-10-5-3-4-6-11(10)12/h3-6,8-11H,2,7H2,1H3,(H2,17,18,19). The maximum atomic E-state index is 6.07. The molecule has 2 aliphatic rings. The first-order valence-corrected chi connectivity index (χ1v) is 8.29. The molecule has 2 aromatic heterocycles. The number of hydrogen-bond donors (Lipinski definition) is 1. The van der Waals surface area contributed by atoms with Crippen LogP contribution in [0.2, 0.25) is 0 Å². The van der Waals surface area contributed by atoms with Gasteiger partial charge in [-0.15, -0.1) is 0 Å². The van der Waals surface area contributed by atoms with Crippen LogP contribution in [-0.2, 0) is 6.54 Å². The van der Waals surface area contributed by atoms with Crippen molar-refractivity contribution in [3.8, 4) is 0 Å². The SMILES string of the molecule is CCn1nc(SC2=CCC3C=CC=CC23)c2c(N)ncnc21. The fourth-order valence-electron chi connectivity index (χ4n) is 3.08. The summed E-state index contributed by atoms with van der Waals surface area (Å²) in [4.78, 5) is 9.81. The van der Waals surface area contributed by atoms with Crippen LogP contribution in [-0.4, -0.2) is 19.7 Å². The van der Waals surface area contributed by atoms with Gasteiger partial charge in [0.15, 0.2) is 5.65 Å². The summed E-state index contributed by atoms with van der Waals surface area (Å²) in [6.07, 6.45) is 13.7. The van der Waals surface area contributed by atoms with Gasteiger partial charge in [0.05, 0.1) is 5.39 Å². The number of aromatic nitrogens is 4. The molecule has 4 rings (SSSR count). The van der Waals surface area contributed by atoms with Crippen molar-refractivity contribution in [1.82, 2.24) is 19.7 Å². The zero-order valence-electron chi connectivity index (χ0n) is 12.3. The second-order valence-electron chi connectivity index (χ2n) is 5.48. The molecule has 0 spiro atoms. The number of aryl methyl sites for hydroxylation is 1. The van der Waals surface area contributed by atoms with E-state index in [1.165, 1.54) is 11.2 Å². The van der Waals surface area contributed by atoms with Crippen molar-refractivity contribution in [2.24, 2.45) is 11.8 Å². The molecular formula is C16H17N5S. The van der Waals surface area contributed by atoms with Crippen LogP contribution in [0.3, 0.4) is 0 Å². The Morgan fingerprint density at radius 3 is 3.05 bits per heavy atom. The van der Waals surface area contributed by atoms with Gasteiger partial charge in [-0.2, -0.15) is 5.10 Å². The van der Waals surface area contributed by atoms with E-state index in [2.05, 4.69) is 52.4 Å². The van der Waals surface area contributed by atoms with Gasteiger partial charge in [0, 0.05) is 12.5 Å². The zero-order valence-corrected chi connectivity index (χ0v) is 13.1. The number of thioether (sulfide) groups is 1. The number of rotatable bonds is 3. The molecule has 0 fully saturated rings. The molecule has 0 aliphatic heterocycles. The van der Waals surface area contributed by atoms with Crippen LogP contribution in [0.5, 0.6) is 0 Å². The highest BCUT2D eigenvalue weighted by atomic mass is 32.2. The Bertz CT molecular complexity index is 817. The van der Waals surface area contributed by atoms with Crippen LogP contribution in [0.25, 0.3) is 11.0 Å². The third-order valence-corrected chi connectivity index (χ3v) is 5.36. The third kappa shape index (κ3) is 2.06. The molecule has 2 aromatic rings. The van der Waals surface area contributed by atoms with E-state index < -0.39 is 0 Å². The molecular weight excluding hydrogens is 294 g/mol. The summed E-state index contributed by atoms with van der Waals surface area (Å²) >= 11 is 1.70. The first-order chi connectivity index (χ1) is 10.8. The highest BCUT2D eigenvalue weighted by molar-refractivity contribution is 8.03. The Balaban J connectivity index is 1.73. The average molecular weight is 311 g/mol. The zero-order chi connectivity index (χ0) is 15.1. The van der Waals surface area contributed by atoms with Gasteiger partial charge in [-0.3, -0.25) is 0 Å². The van der Waals surface area contributed by atoms with Crippen molar-refractivity contribution in [1.29, 1.82) is 0 Å². The molecule has 2 aliphatic carbocycles. The molecule has 0 bridgehead atoms. The highest BCUT2D eigenvalue weighted by Gasteiger charge is 2.29. The number of nitrogen functional groups attached to an aromatic ring is 1. The molecule has 112 valence electrons. The van der Waals surface area contributed by atoms with Gasteiger partial charge in [-0.25, -0.2) is 14.6 Å². The Labute approximate surface area is 133 Å². The van der Waals surface area contributed by atoms with Crippen molar-refractivity contribution in [3.05, 3.63) is 41.6 Å². The fraction of sp³-hybridized carbons (Fsp3) is 0.312. The summed E-state index contributed by atoms with van der Waals surface area (Å²) in [7, 11) is 0. The van der Waals surface area contributed by atoms with Crippen molar-refractivity contribution in [2.45, 2.75) is 24.9 Å². The first-order valence-electron chi connectivity index (χ1n) is 7.47. The Morgan fingerprint density at radius 1 is 1.32 bits per heavy atom. The van der Waals surface area contributed by atoms with Gasteiger partial charge in [0.1, 0.15) is 17.2 Å². The summed E-state index contributed by atoms with van der Waals surface area (Å²) in [5.41, 5.74) is 6.88. The monoisotopic (exact) mass is 311 g/mol. The maximum Gasteiger partial charge on any atom is 0.164 e. The smallest absolute Gasteiger partial charge is 0.164 e. The minimum Gasteiger partial charge on any atom is -0.383 e. The fourth-order valence-corrected chi connectivity index (χ4v) is 4.31. The lowest BCUT2D eigenvalue weighted by molar-refractivity contribution is 0.591. The largest absolute Gasteiger partial charge is 0.383 e. The number of fused-ring (bicyclic) bond motifs is 2. The van der Waals surface area contributed by atoms with Crippen LogP contribution < -0.4 is 5.73 Å². The number of nitrogens with zero attached hydrogens (tertiary/aromatic N) is 4. The predicted octanol–water partition coefficient (Wildman–Crippen LogP) is 3.17. The molecule has 2 N–H and O–H groups in total. The molecule has 0 aromatic carbocycles. The lowest BCUT2D eigenvalue weighted by Gasteiger charge is -2.18. The summed E-state index contributed by atoms with van der Waals surface area (Å²) in [5, 5.41) is 6.46. The maximum absolute atomic E-state index is 6.07. The summed E-state index contributed by atoms with van der Waals surface area (Å²) < 4.78 is 1.89. The van der Waals surface area contributed by atoms with Crippen molar-refractivity contribution < 1.29 is 0 Å². The molecule has 5 nitrogen and oxygen atoms in total. The summed E-state index contributed by atoms with van der Waals surface area (Å²) in [5.74, 6) is 1.55.